The van der Waals surface area contributed by atoms with Crippen molar-refractivity contribution in [2.75, 3.05) is 0 Å². The zero-order valence-electron chi connectivity index (χ0n) is 75.6. The van der Waals surface area contributed by atoms with Crippen molar-refractivity contribution < 1.29 is 0 Å². The minimum absolute atomic E-state index is 0.0552. The van der Waals surface area contributed by atoms with E-state index in [0.29, 0.717) is 0 Å². The second-order valence-corrected chi connectivity index (χ2v) is 37.9. The number of aromatic nitrogens is 6. The predicted octanol–water partition coefficient (Wildman–Crippen LogP) is 34.5. The summed E-state index contributed by atoms with van der Waals surface area (Å²) in [5, 5.41) is 26.1. The van der Waals surface area contributed by atoms with Crippen LogP contribution in [0.5, 0.6) is 0 Å². The van der Waals surface area contributed by atoms with Gasteiger partial charge in [0.05, 0.1) is 66.7 Å². The van der Waals surface area contributed by atoms with Crippen molar-refractivity contribution in [1.82, 2.24) is 28.7 Å². The van der Waals surface area contributed by atoms with Crippen LogP contribution in [0.2, 0.25) is 0 Å². The summed E-state index contributed by atoms with van der Waals surface area (Å²) in [4.78, 5) is 16.2. The van der Waals surface area contributed by atoms with E-state index in [1.54, 1.807) is 0 Å². The largest absolute Gasteiger partial charge is 0.309 e. The Labute approximate surface area is 772 Å². The first-order chi connectivity index (χ1) is 65.0. The molecule has 0 N–H and O–H groups in total. The number of hydrogen-bond donors (Lipinski definition) is 0. The third-order valence-corrected chi connectivity index (χ3v) is 27.5. The maximum atomic E-state index is 5.44. The van der Waals surface area contributed by atoms with Gasteiger partial charge in [0.2, 0.25) is 0 Å². The van der Waals surface area contributed by atoms with Crippen LogP contribution < -0.4 is 0 Å². The van der Waals surface area contributed by atoms with E-state index in [1.165, 1.54) is 180 Å². The molecule has 6 nitrogen and oxygen atoms in total. The molecule has 0 spiro atoms. The van der Waals surface area contributed by atoms with Crippen LogP contribution in [0.25, 0.3) is 236 Å². The topological polar surface area (TPSA) is 53.5 Å². The van der Waals surface area contributed by atoms with Gasteiger partial charge in [-0.15, -0.1) is 0 Å². The standard InChI is InChI=1S/C47H30N2.C43H38N2.C37H26N2/c1-3-12-31(13-4-1)33-22-24-37-40-26-27-44(48-47(40)41-25-23-34(30-43(41)42(37)29-33)32-14-5-2-6-15-32)35-16-11-17-36(28-35)49-45-20-9-7-18-38(45)39-19-8-10-21-46(39)49;1-42(2,3)28-18-20-31-34-22-23-38(44-41(34)35-21-19-29(43(4,5)6)26-37(35)36(31)25-28)27-12-11-13-30(24-27)45-39-16-9-7-14-32(39)33-15-8-10-17-40(33)45;1-23-14-16-27-30-18-19-34(38-37(30)31-17-15-24(2)21-33(31)32(27)20-23)25-8-7-9-26(22-25)39-35-12-5-3-10-28(35)29-11-4-6-13-36(29)39/h1-30H;7-26H,1-6H3;3-22H,1-2H3. The molecule has 0 bridgehead atoms. The van der Waals surface area contributed by atoms with Gasteiger partial charge in [0, 0.05) is 98.4 Å². The Morgan fingerprint density at radius 3 is 0.752 bits per heavy atom. The lowest BCUT2D eigenvalue weighted by Gasteiger charge is -2.22. The molecule has 26 aromatic rings. The van der Waals surface area contributed by atoms with E-state index in [9.17, 15) is 0 Å². The molecule has 0 radical (unpaired) electrons. The lowest BCUT2D eigenvalue weighted by Crippen LogP contribution is -2.11. The Hall–Kier alpha value is -16.4. The predicted molar refractivity (Wildman–Crippen MR) is 567 cm³/mol. The van der Waals surface area contributed by atoms with Crippen LogP contribution in [0, 0.1) is 13.8 Å². The third kappa shape index (κ3) is 13.8. The van der Waals surface area contributed by atoms with Gasteiger partial charge >= 0.3 is 0 Å². The number of aryl methyl sites for hydroxylation is 2. The number of rotatable bonds is 8. The fourth-order valence-electron chi connectivity index (χ4n) is 20.9. The molecule has 0 amide bonds. The minimum atomic E-state index is 0.0552. The van der Waals surface area contributed by atoms with E-state index in [-0.39, 0.29) is 10.8 Å². The number of fused-ring (bicyclic) bond motifs is 27. The van der Waals surface area contributed by atoms with Crippen LogP contribution in [-0.2, 0) is 10.8 Å². The van der Waals surface area contributed by atoms with Gasteiger partial charge in [-0.05, 0) is 240 Å². The molecule has 6 heterocycles. The van der Waals surface area contributed by atoms with Crippen LogP contribution in [0.1, 0.15) is 63.8 Å². The van der Waals surface area contributed by atoms with Crippen molar-refractivity contribution in [3.63, 3.8) is 0 Å². The van der Waals surface area contributed by atoms with Crippen LogP contribution in [0.4, 0.5) is 0 Å². The smallest absolute Gasteiger partial charge is 0.0794 e. The summed E-state index contributed by atoms with van der Waals surface area (Å²) in [6, 6.07) is 154. The maximum absolute atomic E-state index is 5.44. The van der Waals surface area contributed by atoms with Gasteiger partial charge in [-0.25, -0.2) is 15.0 Å². The summed E-state index contributed by atoms with van der Waals surface area (Å²) in [6.45, 7) is 18.1. The molecule has 0 aliphatic carbocycles. The third-order valence-electron chi connectivity index (χ3n) is 27.5. The molecule has 133 heavy (non-hydrogen) atoms. The Balaban J connectivity index is 0.000000110. The van der Waals surface area contributed by atoms with Gasteiger partial charge in [-0.1, -0.05) is 344 Å². The average molecular weight is 1700 g/mol. The van der Waals surface area contributed by atoms with Crippen molar-refractivity contribution in [2.24, 2.45) is 0 Å². The van der Waals surface area contributed by atoms with E-state index >= 15 is 0 Å². The van der Waals surface area contributed by atoms with Crippen LogP contribution in [0.3, 0.4) is 0 Å². The monoisotopic (exact) mass is 1700 g/mol. The van der Waals surface area contributed by atoms with Crippen molar-refractivity contribution in [2.45, 2.75) is 66.2 Å². The highest BCUT2D eigenvalue weighted by atomic mass is 15.0. The Morgan fingerprint density at radius 1 is 0.165 bits per heavy atom. The Bertz CT molecular complexity index is 9090. The SMILES string of the molecule is CC(C)(C)c1ccc2c(c1)c1cc(C(C)(C)C)ccc1c1nc(-c3cccc(-n4c5ccccc5c5ccccc54)c3)ccc21.Cc1ccc2c(c1)c1cc(C)ccc1c1nc(-c3cccc(-n4c5ccccc5c5ccccc54)c3)ccc21.c1ccc(-c2ccc3c(c2)c2cc(-c4ccccc4)ccc2c2nc(-c4cccc(-n5c6ccccc6c6ccccc65)c4)ccc32)cc1. The summed E-state index contributed by atoms with van der Waals surface area (Å²) in [5.74, 6) is 0. The van der Waals surface area contributed by atoms with E-state index in [1.807, 2.05) is 0 Å². The molecule has 0 fully saturated rings. The van der Waals surface area contributed by atoms with E-state index in [2.05, 4.69) is 494 Å². The van der Waals surface area contributed by atoms with E-state index < -0.39 is 0 Å². The highest BCUT2D eigenvalue weighted by Crippen LogP contribution is 2.46. The van der Waals surface area contributed by atoms with Gasteiger partial charge in [0.1, 0.15) is 0 Å². The van der Waals surface area contributed by atoms with E-state index in [0.717, 1.165) is 78.2 Å². The number of hydrogen-bond acceptors (Lipinski definition) is 3. The second-order valence-electron chi connectivity index (χ2n) is 37.9. The molecule has 20 aromatic carbocycles. The lowest BCUT2D eigenvalue weighted by atomic mass is 9.82. The quantitative estimate of drug-likeness (QED) is 0.143. The molecule has 0 atom stereocenters. The van der Waals surface area contributed by atoms with Gasteiger partial charge < -0.3 is 13.7 Å². The summed E-state index contributed by atoms with van der Waals surface area (Å²) in [5.41, 5.74) is 30.2. The molecule has 0 aliphatic rings. The normalized spacial score (nSPS) is 12.1. The first-order valence-electron chi connectivity index (χ1n) is 46.3. The fourth-order valence-corrected chi connectivity index (χ4v) is 20.9. The van der Waals surface area contributed by atoms with Crippen LogP contribution in [-0.4, -0.2) is 28.7 Å². The fraction of sp³-hybridized carbons (Fsp3) is 0.0787. The molecule has 26 rings (SSSR count). The summed E-state index contributed by atoms with van der Waals surface area (Å²) in [7, 11) is 0. The first-order valence-corrected chi connectivity index (χ1v) is 46.3. The first kappa shape index (κ1) is 79.9. The zero-order chi connectivity index (χ0) is 89.5. The molecule has 6 aromatic heterocycles. The van der Waals surface area contributed by atoms with Gasteiger partial charge in [-0.2, -0.15) is 0 Å². The summed E-state index contributed by atoms with van der Waals surface area (Å²) >= 11 is 0. The number of para-hydroxylation sites is 6. The van der Waals surface area contributed by atoms with Gasteiger partial charge in [0.25, 0.3) is 0 Å². The van der Waals surface area contributed by atoms with Crippen molar-refractivity contribution >= 4 is 163 Å². The average Bonchev–Trinajstić information content (AvgIpc) is 1.74. The Kier molecular flexibility index (Phi) is 19.1. The zero-order valence-corrected chi connectivity index (χ0v) is 75.6. The molecule has 632 valence electrons. The molecule has 0 saturated carbocycles. The molecule has 0 aliphatic heterocycles. The number of pyridine rings is 3. The summed E-state index contributed by atoms with van der Waals surface area (Å²) in [6.07, 6.45) is 0. The molecular weight excluding hydrogens is 1610 g/mol. The van der Waals surface area contributed by atoms with Crippen molar-refractivity contribution in [3.05, 3.63) is 447 Å². The Morgan fingerprint density at radius 2 is 0.406 bits per heavy atom. The maximum Gasteiger partial charge on any atom is 0.0794 e. The van der Waals surface area contributed by atoms with Crippen molar-refractivity contribution in [3.8, 4) is 73.1 Å². The highest BCUT2D eigenvalue weighted by Gasteiger charge is 2.24. The number of nitrogens with zero attached hydrogens (tertiary/aromatic N) is 6. The van der Waals surface area contributed by atoms with E-state index in [4.69, 9.17) is 15.0 Å². The van der Waals surface area contributed by atoms with Crippen LogP contribution in [0.15, 0.2) is 425 Å². The summed E-state index contributed by atoms with van der Waals surface area (Å²) < 4.78 is 7.11. The lowest BCUT2D eigenvalue weighted by molar-refractivity contribution is 0.590. The van der Waals surface area contributed by atoms with Gasteiger partial charge in [-0.3, -0.25) is 0 Å². The molecule has 0 unspecified atom stereocenters. The van der Waals surface area contributed by atoms with Crippen molar-refractivity contribution in [1.29, 1.82) is 0 Å². The number of benzene rings is 20. The molecule has 6 heteroatoms. The second kappa shape index (κ2) is 31.8. The molecule has 0 saturated heterocycles. The van der Waals surface area contributed by atoms with Gasteiger partial charge in [0.15, 0.2) is 0 Å². The minimum Gasteiger partial charge on any atom is -0.309 e. The molecular formula is C127H94N6. The highest BCUT2D eigenvalue weighted by molar-refractivity contribution is 6.28. The van der Waals surface area contributed by atoms with Crippen LogP contribution >= 0.6 is 0 Å².